The van der Waals surface area contributed by atoms with Gasteiger partial charge in [0.05, 0.1) is 16.1 Å². The highest BCUT2D eigenvalue weighted by molar-refractivity contribution is 7.92. The molecular formula is C17H19F3O3S. The van der Waals surface area contributed by atoms with Gasteiger partial charge < -0.3 is 0 Å². The summed E-state index contributed by atoms with van der Waals surface area (Å²) in [6, 6.07) is 4.59. The first-order chi connectivity index (χ1) is 11.2. The number of sulfone groups is 1. The Hall–Kier alpha value is -1.37. The van der Waals surface area contributed by atoms with Crippen LogP contribution in [0.25, 0.3) is 0 Å². The Kier molecular flexibility index (Phi) is 4.49. The van der Waals surface area contributed by atoms with Gasteiger partial charge in [-0.1, -0.05) is 18.6 Å². The van der Waals surface area contributed by atoms with Gasteiger partial charge in [-0.25, -0.2) is 8.42 Å². The van der Waals surface area contributed by atoms with Crippen LogP contribution in [0.4, 0.5) is 13.2 Å². The molecular weight excluding hydrogens is 341 g/mol. The molecule has 0 aliphatic carbocycles. The van der Waals surface area contributed by atoms with Gasteiger partial charge in [0.15, 0.2) is 9.84 Å². The Morgan fingerprint density at radius 3 is 2.08 bits per heavy atom. The van der Waals surface area contributed by atoms with Crippen LogP contribution >= 0.6 is 0 Å². The van der Waals surface area contributed by atoms with Crippen LogP contribution in [-0.2, 0) is 27.2 Å². The fourth-order valence-electron chi connectivity index (χ4n) is 3.83. The van der Waals surface area contributed by atoms with Crippen molar-refractivity contribution in [3.05, 3.63) is 35.4 Å². The van der Waals surface area contributed by atoms with Crippen molar-refractivity contribution < 1.29 is 26.4 Å². The van der Waals surface area contributed by atoms with E-state index in [0.29, 0.717) is 31.2 Å². The predicted octanol–water partition coefficient (Wildman–Crippen LogP) is 3.56. The van der Waals surface area contributed by atoms with Crippen LogP contribution in [0.3, 0.4) is 0 Å². The molecule has 0 aromatic heterocycles. The molecule has 2 heterocycles. The van der Waals surface area contributed by atoms with Crippen molar-refractivity contribution in [1.82, 2.24) is 0 Å². The second-order valence-electron chi connectivity index (χ2n) is 6.77. The topological polar surface area (TPSA) is 51.2 Å². The van der Waals surface area contributed by atoms with Crippen molar-refractivity contribution in [2.45, 2.75) is 55.2 Å². The zero-order chi connectivity index (χ0) is 17.5. The summed E-state index contributed by atoms with van der Waals surface area (Å²) in [6.07, 6.45) is -1.50. The maximum Gasteiger partial charge on any atom is 0.416 e. The van der Waals surface area contributed by atoms with Crippen molar-refractivity contribution in [2.24, 2.45) is 5.92 Å². The third-order valence-electron chi connectivity index (χ3n) is 5.19. The number of benzene rings is 1. The van der Waals surface area contributed by atoms with Gasteiger partial charge in [-0.05, 0) is 43.4 Å². The minimum absolute atomic E-state index is 0.0578. The van der Waals surface area contributed by atoms with Gasteiger partial charge in [0.25, 0.3) is 0 Å². The molecule has 132 valence electrons. The predicted molar refractivity (Wildman–Crippen MR) is 83.2 cm³/mol. The molecule has 7 heteroatoms. The zero-order valence-corrected chi connectivity index (χ0v) is 13.9. The molecule has 1 aromatic rings. The minimum atomic E-state index is -4.39. The highest BCUT2D eigenvalue weighted by atomic mass is 32.2. The third kappa shape index (κ3) is 3.36. The van der Waals surface area contributed by atoms with Crippen molar-refractivity contribution in [3.63, 3.8) is 0 Å². The summed E-state index contributed by atoms with van der Waals surface area (Å²) in [7, 11) is -3.10. The van der Waals surface area contributed by atoms with E-state index in [1.165, 1.54) is 12.1 Å². The van der Waals surface area contributed by atoms with Crippen molar-refractivity contribution >= 4 is 15.6 Å². The number of carbonyl (C=O) groups excluding carboxylic acids is 1. The van der Waals surface area contributed by atoms with Crippen LogP contribution in [0.2, 0.25) is 0 Å². The molecule has 2 bridgehead atoms. The van der Waals surface area contributed by atoms with E-state index >= 15 is 0 Å². The Balaban J connectivity index is 1.68. The highest BCUT2D eigenvalue weighted by Crippen LogP contribution is 2.40. The number of ketones is 1. The van der Waals surface area contributed by atoms with E-state index < -0.39 is 32.1 Å². The first kappa shape index (κ1) is 17.5. The first-order valence-corrected chi connectivity index (χ1v) is 9.70. The van der Waals surface area contributed by atoms with Crippen LogP contribution in [0, 0.1) is 5.92 Å². The lowest BCUT2D eigenvalue weighted by Gasteiger charge is -2.38. The number of fused-ring (bicyclic) bond motifs is 2. The minimum Gasteiger partial charge on any atom is -0.299 e. The summed E-state index contributed by atoms with van der Waals surface area (Å²) < 4.78 is 62.1. The van der Waals surface area contributed by atoms with Crippen molar-refractivity contribution in [2.75, 3.05) is 0 Å². The third-order valence-corrected chi connectivity index (χ3v) is 7.91. The summed E-state index contributed by atoms with van der Waals surface area (Å²) in [5.41, 5.74) is -0.205. The van der Waals surface area contributed by atoms with E-state index in [4.69, 9.17) is 0 Å². The quantitative estimate of drug-likeness (QED) is 0.828. The molecule has 24 heavy (non-hydrogen) atoms. The van der Waals surface area contributed by atoms with Crippen molar-refractivity contribution in [1.29, 1.82) is 0 Å². The Morgan fingerprint density at radius 2 is 1.58 bits per heavy atom. The molecule has 2 atom stereocenters. The molecule has 0 radical (unpaired) electrons. The van der Waals surface area contributed by atoms with E-state index in [1.54, 1.807) is 0 Å². The summed E-state index contributed by atoms with van der Waals surface area (Å²) in [5, 5.41) is -0.849. The summed E-state index contributed by atoms with van der Waals surface area (Å²) in [4.78, 5) is 12.5. The molecule has 2 saturated heterocycles. The molecule has 3 rings (SSSR count). The Bertz CT molecular complexity index is 702. The van der Waals surface area contributed by atoms with E-state index in [9.17, 15) is 26.4 Å². The maximum absolute atomic E-state index is 12.6. The molecule has 0 spiro atoms. The molecule has 1 aromatic carbocycles. The average Bonchev–Trinajstić information content (AvgIpc) is 2.45. The van der Waals surface area contributed by atoms with E-state index in [2.05, 4.69) is 0 Å². The molecule has 3 nitrogen and oxygen atoms in total. The van der Waals surface area contributed by atoms with Crippen LogP contribution in [0.1, 0.15) is 43.2 Å². The Labute approximate surface area is 139 Å². The van der Waals surface area contributed by atoms with E-state index in [0.717, 1.165) is 18.6 Å². The molecule has 2 aliphatic rings. The van der Waals surface area contributed by atoms with Gasteiger partial charge in [-0.3, -0.25) is 4.79 Å². The fraction of sp³-hybridized carbons (Fsp3) is 0.588. The van der Waals surface area contributed by atoms with Gasteiger partial charge in [-0.15, -0.1) is 0 Å². The summed E-state index contributed by atoms with van der Waals surface area (Å²) in [5.74, 6) is -0.368. The number of halogens is 3. The van der Waals surface area contributed by atoms with Gasteiger partial charge >= 0.3 is 6.18 Å². The van der Waals surface area contributed by atoms with Gasteiger partial charge in [0.2, 0.25) is 0 Å². The van der Waals surface area contributed by atoms with Crippen LogP contribution in [-0.4, -0.2) is 24.7 Å². The second kappa shape index (κ2) is 6.17. The van der Waals surface area contributed by atoms with Gasteiger partial charge in [0.1, 0.15) is 5.78 Å². The molecule has 2 unspecified atom stereocenters. The second-order valence-corrected chi connectivity index (χ2v) is 9.28. The zero-order valence-electron chi connectivity index (χ0n) is 13.1. The number of alkyl halides is 3. The molecule has 2 aliphatic heterocycles. The number of rotatable bonds is 3. The number of Topliss-reactive ketones (excluding diaryl/α,β-unsaturated/α-hetero) is 1. The van der Waals surface area contributed by atoms with E-state index in [-0.39, 0.29) is 18.1 Å². The smallest absolute Gasteiger partial charge is 0.299 e. The maximum atomic E-state index is 12.6. The van der Waals surface area contributed by atoms with Crippen molar-refractivity contribution in [3.8, 4) is 0 Å². The van der Waals surface area contributed by atoms with Crippen LogP contribution in [0.15, 0.2) is 24.3 Å². The average molecular weight is 360 g/mol. The fourth-order valence-corrected chi connectivity index (χ4v) is 6.36. The van der Waals surface area contributed by atoms with Gasteiger partial charge in [0, 0.05) is 12.3 Å². The number of hydrogen-bond acceptors (Lipinski definition) is 3. The molecule has 2 fully saturated rings. The highest BCUT2D eigenvalue weighted by Gasteiger charge is 2.45. The summed E-state index contributed by atoms with van der Waals surface area (Å²) >= 11 is 0. The SMILES string of the molecule is O=C(Cc1ccc(C(F)(F)F)cc1)C1CC2CCCC(C1)S2(=O)=O. The monoisotopic (exact) mass is 360 g/mol. The molecule has 0 N–H and O–H groups in total. The normalized spacial score (nSPS) is 29.2. The van der Waals surface area contributed by atoms with Crippen LogP contribution in [0.5, 0.6) is 0 Å². The lowest BCUT2D eigenvalue weighted by molar-refractivity contribution is -0.137. The Morgan fingerprint density at radius 1 is 1.04 bits per heavy atom. The number of hydrogen-bond donors (Lipinski definition) is 0. The molecule has 0 saturated carbocycles. The largest absolute Gasteiger partial charge is 0.416 e. The van der Waals surface area contributed by atoms with Gasteiger partial charge in [-0.2, -0.15) is 13.2 Å². The van der Waals surface area contributed by atoms with Crippen LogP contribution < -0.4 is 0 Å². The summed E-state index contributed by atoms with van der Waals surface area (Å²) in [6.45, 7) is 0. The lowest BCUT2D eigenvalue weighted by atomic mass is 9.85. The van der Waals surface area contributed by atoms with E-state index in [1.807, 2.05) is 0 Å². The molecule has 0 amide bonds. The number of carbonyl (C=O) groups is 1. The lowest BCUT2D eigenvalue weighted by Crippen LogP contribution is -2.45. The standard InChI is InChI=1S/C17H19F3O3S/c18-17(19,20)13-6-4-11(5-7-13)8-16(21)12-9-14-2-1-3-15(10-12)24(14,22)23/h4-7,12,14-15H,1-3,8-10H2. The first-order valence-electron chi connectivity index (χ1n) is 8.09.